The van der Waals surface area contributed by atoms with Crippen LogP contribution in [-0.2, 0) is 9.47 Å². The quantitative estimate of drug-likeness (QED) is 0.496. The molecule has 9 heteroatoms. The van der Waals surface area contributed by atoms with Gasteiger partial charge in [0.05, 0.1) is 48.5 Å². The maximum absolute atomic E-state index is 6.56. The van der Waals surface area contributed by atoms with Crippen molar-refractivity contribution >= 4 is 34.6 Å². The molecule has 2 saturated heterocycles. The first kappa shape index (κ1) is 22.7. The lowest BCUT2D eigenvalue weighted by atomic mass is 10.1. The second kappa shape index (κ2) is 10.5. The Kier molecular flexibility index (Phi) is 6.99. The van der Waals surface area contributed by atoms with Crippen LogP contribution in [0.3, 0.4) is 0 Å². The van der Waals surface area contributed by atoms with Gasteiger partial charge in [-0.15, -0.1) is 0 Å². The molecule has 2 aliphatic rings. The third kappa shape index (κ3) is 5.35. The van der Waals surface area contributed by atoms with Gasteiger partial charge in [0.2, 0.25) is 5.95 Å². The van der Waals surface area contributed by atoms with Crippen molar-refractivity contribution in [2.24, 2.45) is 0 Å². The Balaban J connectivity index is 1.29. The molecule has 34 heavy (non-hydrogen) atoms. The van der Waals surface area contributed by atoms with Gasteiger partial charge in [0.1, 0.15) is 11.9 Å². The van der Waals surface area contributed by atoms with E-state index in [0.717, 1.165) is 61.8 Å². The molecule has 2 fully saturated rings. The molecule has 3 heterocycles. The summed E-state index contributed by atoms with van der Waals surface area (Å²) >= 11 is 6.56. The molecule has 0 spiro atoms. The van der Waals surface area contributed by atoms with E-state index in [2.05, 4.69) is 20.2 Å². The van der Waals surface area contributed by atoms with Crippen LogP contribution in [0.2, 0.25) is 5.02 Å². The van der Waals surface area contributed by atoms with Crippen molar-refractivity contribution < 1.29 is 14.2 Å². The first-order chi connectivity index (χ1) is 16.7. The Morgan fingerprint density at radius 2 is 1.79 bits per heavy atom. The van der Waals surface area contributed by atoms with Crippen LogP contribution in [0.25, 0.3) is 11.3 Å². The molecule has 0 unspecified atom stereocenters. The Hall–Kier alpha value is -3.07. The molecule has 3 aromatic rings. The van der Waals surface area contributed by atoms with Crippen LogP contribution in [0.15, 0.2) is 48.7 Å². The molecule has 1 aromatic heterocycles. The van der Waals surface area contributed by atoms with Gasteiger partial charge < -0.3 is 30.2 Å². The number of hydrogen-bond acceptors (Lipinski definition) is 8. The standard InChI is InChI=1S/C25H28ClN5O3/c26-20-16-18(2-3-23(20)31-9-13-33-14-10-31)29-25-28-8-5-22(30-25)17-1-4-24(21(27)15-17)34-19-6-11-32-12-7-19/h1-5,8,15-16,19H,6-7,9-14,27H2,(H,28,29,30). The van der Waals surface area contributed by atoms with Crippen molar-refractivity contribution in [3.05, 3.63) is 53.7 Å². The Labute approximate surface area is 204 Å². The number of halogens is 1. The van der Waals surface area contributed by atoms with Crippen LogP contribution in [0.5, 0.6) is 5.75 Å². The molecule has 0 aliphatic carbocycles. The van der Waals surface area contributed by atoms with E-state index in [4.69, 9.17) is 31.5 Å². The van der Waals surface area contributed by atoms with Gasteiger partial charge in [-0.3, -0.25) is 0 Å². The molecule has 0 amide bonds. The average molecular weight is 482 g/mol. The lowest BCUT2D eigenvalue weighted by Crippen LogP contribution is -2.36. The van der Waals surface area contributed by atoms with E-state index in [1.165, 1.54) is 0 Å². The highest BCUT2D eigenvalue weighted by Crippen LogP contribution is 2.32. The molecule has 2 aliphatic heterocycles. The van der Waals surface area contributed by atoms with Gasteiger partial charge in [-0.1, -0.05) is 11.6 Å². The minimum atomic E-state index is 0.137. The maximum Gasteiger partial charge on any atom is 0.227 e. The predicted octanol–water partition coefficient (Wildman–Crippen LogP) is 4.52. The number of aromatic nitrogens is 2. The monoisotopic (exact) mass is 481 g/mol. The van der Waals surface area contributed by atoms with Gasteiger partial charge in [0.25, 0.3) is 0 Å². The number of nitrogens with two attached hydrogens (primary N) is 1. The van der Waals surface area contributed by atoms with E-state index in [1.54, 1.807) is 6.20 Å². The summed E-state index contributed by atoms with van der Waals surface area (Å²) in [7, 11) is 0. The molecule has 0 saturated carbocycles. The lowest BCUT2D eigenvalue weighted by Gasteiger charge is -2.29. The van der Waals surface area contributed by atoms with Crippen molar-refractivity contribution in [1.29, 1.82) is 0 Å². The van der Waals surface area contributed by atoms with Crippen LogP contribution in [0.4, 0.5) is 23.0 Å². The topological polar surface area (TPSA) is 94.8 Å². The number of nitrogen functional groups attached to an aromatic ring is 1. The number of rotatable bonds is 6. The SMILES string of the molecule is Nc1cc(-c2ccnc(Nc3ccc(N4CCOCC4)c(Cl)c3)n2)ccc1OC1CCOCC1. The molecule has 178 valence electrons. The number of ether oxygens (including phenoxy) is 3. The van der Waals surface area contributed by atoms with Crippen molar-refractivity contribution in [2.45, 2.75) is 18.9 Å². The van der Waals surface area contributed by atoms with Crippen LogP contribution in [0, 0.1) is 0 Å². The predicted molar refractivity (Wildman–Crippen MR) is 134 cm³/mol. The highest BCUT2D eigenvalue weighted by atomic mass is 35.5. The Morgan fingerprint density at radius 1 is 1.00 bits per heavy atom. The highest BCUT2D eigenvalue weighted by molar-refractivity contribution is 6.33. The molecule has 2 aromatic carbocycles. The van der Waals surface area contributed by atoms with E-state index in [1.807, 2.05) is 42.5 Å². The molecule has 0 atom stereocenters. The zero-order chi connectivity index (χ0) is 23.3. The summed E-state index contributed by atoms with van der Waals surface area (Å²) in [5.41, 5.74) is 10.3. The summed E-state index contributed by atoms with van der Waals surface area (Å²) < 4.78 is 16.9. The van der Waals surface area contributed by atoms with Gasteiger partial charge in [-0.2, -0.15) is 0 Å². The van der Waals surface area contributed by atoms with E-state index in [-0.39, 0.29) is 6.10 Å². The summed E-state index contributed by atoms with van der Waals surface area (Å²) in [6, 6.07) is 13.5. The van der Waals surface area contributed by atoms with E-state index in [0.29, 0.717) is 35.6 Å². The van der Waals surface area contributed by atoms with Crippen molar-refractivity contribution in [3.63, 3.8) is 0 Å². The number of nitrogens with one attached hydrogen (secondary N) is 1. The third-order valence-corrected chi connectivity index (χ3v) is 6.28. The molecule has 5 rings (SSSR count). The fourth-order valence-electron chi connectivity index (χ4n) is 4.14. The van der Waals surface area contributed by atoms with E-state index >= 15 is 0 Å². The van der Waals surface area contributed by atoms with Gasteiger partial charge >= 0.3 is 0 Å². The Bertz CT molecular complexity index is 1130. The zero-order valence-corrected chi connectivity index (χ0v) is 19.6. The largest absolute Gasteiger partial charge is 0.488 e. The van der Waals surface area contributed by atoms with Crippen LogP contribution < -0.4 is 20.7 Å². The summed E-state index contributed by atoms with van der Waals surface area (Å²) in [4.78, 5) is 11.2. The van der Waals surface area contributed by atoms with Crippen LogP contribution >= 0.6 is 11.6 Å². The molecule has 0 bridgehead atoms. The Morgan fingerprint density at radius 3 is 2.56 bits per heavy atom. The van der Waals surface area contributed by atoms with Gasteiger partial charge in [-0.25, -0.2) is 9.97 Å². The second-order valence-corrected chi connectivity index (χ2v) is 8.75. The van der Waals surface area contributed by atoms with Crippen molar-refractivity contribution in [1.82, 2.24) is 9.97 Å². The number of hydrogen-bond donors (Lipinski definition) is 2. The van der Waals surface area contributed by atoms with Crippen molar-refractivity contribution in [2.75, 3.05) is 55.5 Å². The smallest absolute Gasteiger partial charge is 0.227 e. The molecule has 3 N–H and O–H groups in total. The van der Waals surface area contributed by atoms with Crippen LogP contribution in [-0.4, -0.2) is 55.6 Å². The zero-order valence-electron chi connectivity index (χ0n) is 18.9. The number of anilines is 4. The number of benzene rings is 2. The maximum atomic E-state index is 6.56. The second-order valence-electron chi connectivity index (χ2n) is 8.34. The normalized spacial score (nSPS) is 16.9. The summed E-state index contributed by atoms with van der Waals surface area (Å²) in [5.74, 6) is 1.17. The van der Waals surface area contributed by atoms with E-state index < -0.39 is 0 Å². The fourth-order valence-corrected chi connectivity index (χ4v) is 4.44. The molecule has 0 radical (unpaired) electrons. The van der Waals surface area contributed by atoms with Gasteiger partial charge in [0.15, 0.2) is 0 Å². The van der Waals surface area contributed by atoms with Crippen LogP contribution in [0.1, 0.15) is 12.8 Å². The highest BCUT2D eigenvalue weighted by Gasteiger charge is 2.17. The molecular formula is C25H28ClN5O3. The third-order valence-electron chi connectivity index (χ3n) is 5.98. The lowest BCUT2D eigenvalue weighted by molar-refractivity contribution is 0.0259. The molecular weight excluding hydrogens is 454 g/mol. The van der Waals surface area contributed by atoms with Gasteiger partial charge in [-0.05, 0) is 42.5 Å². The minimum Gasteiger partial charge on any atom is -0.488 e. The van der Waals surface area contributed by atoms with Crippen molar-refractivity contribution in [3.8, 4) is 17.0 Å². The first-order valence-corrected chi connectivity index (χ1v) is 11.9. The summed E-state index contributed by atoms with van der Waals surface area (Å²) in [6.45, 7) is 4.54. The average Bonchev–Trinajstić information content (AvgIpc) is 2.87. The first-order valence-electron chi connectivity index (χ1n) is 11.5. The number of nitrogens with zero attached hydrogens (tertiary/aromatic N) is 3. The summed E-state index contributed by atoms with van der Waals surface area (Å²) in [5, 5.41) is 3.92. The fraction of sp³-hybridized carbons (Fsp3) is 0.360. The van der Waals surface area contributed by atoms with Gasteiger partial charge in [0, 0.05) is 43.4 Å². The number of morpholine rings is 1. The summed E-state index contributed by atoms with van der Waals surface area (Å²) in [6.07, 6.45) is 3.61. The molecule has 8 nitrogen and oxygen atoms in total. The minimum absolute atomic E-state index is 0.137. The van der Waals surface area contributed by atoms with E-state index in [9.17, 15) is 0 Å².